The maximum absolute atomic E-state index is 14.9. The highest BCUT2D eigenvalue weighted by molar-refractivity contribution is 5.93. The number of rotatable bonds is 7. The summed E-state index contributed by atoms with van der Waals surface area (Å²) < 4.78 is 87.3. The zero-order chi connectivity index (χ0) is 29.2. The van der Waals surface area contributed by atoms with Crippen LogP contribution in [-0.2, 0) is 4.79 Å². The van der Waals surface area contributed by atoms with Gasteiger partial charge in [0.1, 0.15) is 23.1 Å². The summed E-state index contributed by atoms with van der Waals surface area (Å²) in [6.07, 6.45) is -6.79. The van der Waals surface area contributed by atoms with E-state index in [4.69, 9.17) is 4.74 Å². The number of ether oxygens (including phenoxy) is 1. The second-order valence-corrected chi connectivity index (χ2v) is 9.32. The number of aromatic nitrogens is 2. The fourth-order valence-electron chi connectivity index (χ4n) is 4.28. The largest absolute Gasteiger partial charge is 0.456 e. The van der Waals surface area contributed by atoms with E-state index in [2.05, 4.69) is 10.3 Å². The number of aliphatic hydroxyl groups excluding tert-OH is 1. The Bertz CT molecular complexity index is 1400. The van der Waals surface area contributed by atoms with Gasteiger partial charge >= 0.3 is 6.18 Å². The number of nitrogens with zero attached hydrogens (tertiary/aromatic N) is 2. The molecule has 0 saturated carbocycles. The molecule has 0 radical (unpaired) electrons. The third kappa shape index (κ3) is 6.62. The highest BCUT2D eigenvalue weighted by atomic mass is 19.4. The summed E-state index contributed by atoms with van der Waals surface area (Å²) in [7, 11) is 0. The quantitative estimate of drug-likeness (QED) is 0.354. The van der Waals surface area contributed by atoms with Crippen molar-refractivity contribution in [2.75, 3.05) is 18.4 Å². The van der Waals surface area contributed by atoms with E-state index in [0.29, 0.717) is 17.6 Å². The van der Waals surface area contributed by atoms with E-state index in [1.165, 1.54) is 54.4 Å². The SMILES string of the molecule is CC(C(=O)Nc1ccc(Oc2ccc(F)cc2)cn1)N1CCC(F)(F)C(c2c[nH]c(=O)c(C(O)C(F)(F)F)c2)C1. The molecule has 1 aliphatic rings. The van der Waals surface area contributed by atoms with Crippen molar-refractivity contribution in [2.24, 2.45) is 0 Å². The zero-order valence-corrected chi connectivity index (χ0v) is 20.9. The van der Waals surface area contributed by atoms with Crippen LogP contribution in [0.25, 0.3) is 0 Å². The van der Waals surface area contributed by atoms with Gasteiger partial charge in [0.05, 0.1) is 23.7 Å². The summed E-state index contributed by atoms with van der Waals surface area (Å²) in [6, 6.07) is 7.95. The Morgan fingerprint density at radius 2 is 1.88 bits per heavy atom. The Hall–Kier alpha value is -3.91. The van der Waals surface area contributed by atoms with E-state index in [9.17, 15) is 41.0 Å². The summed E-state index contributed by atoms with van der Waals surface area (Å²) in [5.41, 5.74) is -2.65. The number of halogens is 6. The highest BCUT2D eigenvalue weighted by Gasteiger charge is 2.47. The van der Waals surface area contributed by atoms with Crippen LogP contribution in [0.15, 0.2) is 59.7 Å². The van der Waals surface area contributed by atoms with Crippen LogP contribution >= 0.6 is 0 Å². The smallest absolute Gasteiger partial charge is 0.418 e. The maximum atomic E-state index is 14.9. The van der Waals surface area contributed by atoms with Crippen molar-refractivity contribution in [1.29, 1.82) is 0 Å². The van der Waals surface area contributed by atoms with Crippen LogP contribution in [0.3, 0.4) is 0 Å². The van der Waals surface area contributed by atoms with Crippen molar-refractivity contribution in [3.63, 3.8) is 0 Å². The molecule has 0 bridgehead atoms. The van der Waals surface area contributed by atoms with Crippen molar-refractivity contribution in [1.82, 2.24) is 14.9 Å². The minimum atomic E-state index is -5.17. The molecule has 0 spiro atoms. The minimum absolute atomic E-state index is 0.147. The molecular weight excluding hydrogens is 546 g/mol. The molecule has 0 aliphatic carbocycles. The summed E-state index contributed by atoms with van der Waals surface area (Å²) in [4.78, 5) is 32.3. The van der Waals surface area contributed by atoms with E-state index >= 15 is 0 Å². The van der Waals surface area contributed by atoms with Gasteiger partial charge in [-0.05, 0) is 55.0 Å². The number of H-pyrrole nitrogens is 1. The molecule has 1 aliphatic heterocycles. The van der Waals surface area contributed by atoms with Gasteiger partial charge in [0.2, 0.25) is 5.91 Å². The number of alkyl halides is 5. The molecule has 3 aromatic rings. The molecular formula is C26H24F6N4O4. The first-order chi connectivity index (χ1) is 18.7. The number of hydrogen-bond acceptors (Lipinski definition) is 6. The molecule has 14 heteroatoms. The van der Waals surface area contributed by atoms with Gasteiger partial charge < -0.3 is 20.1 Å². The molecule has 1 fully saturated rings. The van der Waals surface area contributed by atoms with Crippen LogP contribution in [-0.4, -0.2) is 57.1 Å². The number of aromatic amines is 1. The summed E-state index contributed by atoms with van der Waals surface area (Å²) in [6.45, 7) is 0.887. The van der Waals surface area contributed by atoms with E-state index in [1.54, 1.807) is 0 Å². The predicted octanol–water partition coefficient (Wildman–Crippen LogP) is 4.75. The molecule has 3 N–H and O–H groups in total. The first-order valence-electron chi connectivity index (χ1n) is 12.0. The average Bonchev–Trinajstić information content (AvgIpc) is 2.90. The number of likely N-dealkylation sites (tertiary alicyclic amines) is 1. The molecule has 1 amide bonds. The molecule has 3 unspecified atom stereocenters. The molecule has 1 aromatic carbocycles. The van der Waals surface area contributed by atoms with Crippen LogP contribution in [0.2, 0.25) is 0 Å². The average molecular weight is 570 g/mol. The minimum Gasteiger partial charge on any atom is -0.456 e. The molecule has 40 heavy (non-hydrogen) atoms. The number of aliphatic hydroxyl groups is 1. The molecule has 4 rings (SSSR count). The lowest BCUT2D eigenvalue weighted by molar-refractivity contribution is -0.207. The molecule has 8 nitrogen and oxygen atoms in total. The normalized spacial score (nSPS) is 19.1. The Morgan fingerprint density at radius 3 is 2.50 bits per heavy atom. The lowest BCUT2D eigenvalue weighted by atomic mass is 9.86. The summed E-state index contributed by atoms with van der Waals surface area (Å²) >= 11 is 0. The second-order valence-electron chi connectivity index (χ2n) is 9.32. The number of hydrogen-bond donors (Lipinski definition) is 3. The third-order valence-corrected chi connectivity index (χ3v) is 6.58. The molecule has 3 heterocycles. The van der Waals surface area contributed by atoms with Crippen molar-refractivity contribution in [3.8, 4) is 11.5 Å². The van der Waals surface area contributed by atoms with Gasteiger partial charge in [-0.2, -0.15) is 13.2 Å². The topological polar surface area (TPSA) is 108 Å². The van der Waals surface area contributed by atoms with Crippen LogP contribution in [0.4, 0.5) is 32.2 Å². The van der Waals surface area contributed by atoms with Gasteiger partial charge in [0.15, 0.2) is 6.10 Å². The number of carbonyl (C=O) groups excluding carboxylic acids is 1. The number of nitrogens with one attached hydrogen (secondary N) is 2. The van der Waals surface area contributed by atoms with Crippen molar-refractivity contribution in [2.45, 2.75) is 43.5 Å². The fourth-order valence-corrected chi connectivity index (χ4v) is 4.28. The predicted molar refractivity (Wildman–Crippen MR) is 131 cm³/mol. The number of piperidine rings is 1. The maximum Gasteiger partial charge on any atom is 0.418 e. The van der Waals surface area contributed by atoms with Gasteiger partial charge in [-0.15, -0.1) is 0 Å². The van der Waals surface area contributed by atoms with E-state index in [1.807, 2.05) is 4.98 Å². The highest BCUT2D eigenvalue weighted by Crippen LogP contribution is 2.41. The van der Waals surface area contributed by atoms with Gasteiger partial charge in [-0.3, -0.25) is 14.5 Å². The Labute approximate surface area is 223 Å². The number of benzene rings is 1. The second kappa shape index (κ2) is 11.3. The van der Waals surface area contributed by atoms with Crippen LogP contribution < -0.4 is 15.6 Å². The lowest BCUT2D eigenvalue weighted by Crippen LogP contribution is -2.52. The van der Waals surface area contributed by atoms with Gasteiger partial charge in [-0.25, -0.2) is 18.2 Å². The van der Waals surface area contributed by atoms with Gasteiger partial charge in [0, 0.05) is 25.7 Å². The van der Waals surface area contributed by atoms with Crippen LogP contribution in [0, 0.1) is 5.82 Å². The van der Waals surface area contributed by atoms with Crippen LogP contribution in [0.1, 0.15) is 36.5 Å². The standard InChI is InChI=1S/C26H24F6N4O4/c1-14(23(38)35-21-7-6-18(12-33-21)40-17-4-2-16(27)3-5-17)36-9-8-25(28,29)20(13-36)15-10-19(24(39)34-11-15)22(37)26(30,31)32/h2-7,10-12,14,20,22,37H,8-9,13H2,1H3,(H,34,39)(H,33,35,38). The lowest BCUT2D eigenvalue weighted by Gasteiger charge is -2.40. The first-order valence-corrected chi connectivity index (χ1v) is 12.0. The first kappa shape index (κ1) is 29.1. The number of carbonyl (C=O) groups is 1. The van der Waals surface area contributed by atoms with Gasteiger partial charge in [-0.1, -0.05) is 0 Å². The molecule has 2 aromatic heterocycles. The number of pyridine rings is 2. The number of amides is 1. The Morgan fingerprint density at radius 1 is 1.20 bits per heavy atom. The summed E-state index contributed by atoms with van der Waals surface area (Å²) in [5, 5.41) is 12.1. The van der Waals surface area contributed by atoms with E-state index < -0.39 is 66.0 Å². The van der Waals surface area contributed by atoms with Crippen molar-refractivity contribution < 1.29 is 41.0 Å². The Balaban J connectivity index is 1.44. The van der Waals surface area contributed by atoms with E-state index in [0.717, 1.165) is 6.20 Å². The molecule has 214 valence electrons. The monoisotopic (exact) mass is 570 g/mol. The van der Waals surface area contributed by atoms with Gasteiger partial charge in [0.25, 0.3) is 11.5 Å². The fraction of sp³-hybridized carbons (Fsp3) is 0.346. The Kier molecular flexibility index (Phi) is 8.21. The molecule has 3 atom stereocenters. The summed E-state index contributed by atoms with van der Waals surface area (Å²) in [5.74, 6) is -5.18. The van der Waals surface area contributed by atoms with Crippen molar-refractivity contribution in [3.05, 3.63) is 82.2 Å². The zero-order valence-electron chi connectivity index (χ0n) is 20.9. The van der Waals surface area contributed by atoms with E-state index in [-0.39, 0.29) is 17.9 Å². The van der Waals surface area contributed by atoms with Crippen LogP contribution in [0.5, 0.6) is 11.5 Å². The third-order valence-electron chi connectivity index (χ3n) is 6.58. The van der Waals surface area contributed by atoms with Crippen molar-refractivity contribution >= 4 is 11.7 Å². The molecule has 1 saturated heterocycles. The number of anilines is 1.